The number of cyclic esters (lactones) is 1. The Hall–Kier alpha value is -2.61. The molecule has 0 spiro atoms. The molecule has 30 heavy (non-hydrogen) atoms. The first kappa shape index (κ1) is 22.1. The summed E-state index contributed by atoms with van der Waals surface area (Å²) < 4.78 is 16.3. The molecule has 1 aromatic carbocycles. The van der Waals surface area contributed by atoms with Crippen molar-refractivity contribution in [3.8, 4) is 0 Å². The molecule has 8 heteroatoms. The Morgan fingerprint density at radius 2 is 1.97 bits per heavy atom. The molecular formula is C22H30N2O6. The Morgan fingerprint density at radius 3 is 2.60 bits per heavy atom. The predicted molar refractivity (Wildman–Crippen MR) is 107 cm³/mol. The zero-order valence-corrected chi connectivity index (χ0v) is 17.4. The number of nitrogens with one attached hydrogen (secondary N) is 1. The van der Waals surface area contributed by atoms with E-state index in [2.05, 4.69) is 5.43 Å². The summed E-state index contributed by atoms with van der Waals surface area (Å²) in [6, 6.07) is 9.22. The number of carbonyl (C=O) groups is 3. The van der Waals surface area contributed by atoms with Gasteiger partial charge in [0.05, 0.1) is 13.0 Å². The SMILES string of the molecule is CCOC1(N(NC(=O)OCc2ccccc2)C(=O)CCC2CCCC2)CCC(=O)O1. The molecule has 2 aliphatic rings. The fourth-order valence-corrected chi connectivity index (χ4v) is 4.01. The van der Waals surface area contributed by atoms with Gasteiger partial charge >= 0.3 is 18.0 Å². The van der Waals surface area contributed by atoms with Gasteiger partial charge in [-0.2, -0.15) is 5.01 Å². The van der Waals surface area contributed by atoms with Crippen LogP contribution in [0.4, 0.5) is 4.79 Å². The van der Waals surface area contributed by atoms with Gasteiger partial charge in [-0.15, -0.1) is 0 Å². The van der Waals surface area contributed by atoms with Crippen molar-refractivity contribution in [2.45, 2.75) is 70.8 Å². The number of hydrazine groups is 1. The van der Waals surface area contributed by atoms with Crippen molar-refractivity contribution in [1.29, 1.82) is 0 Å². The third-order valence-corrected chi connectivity index (χ3v) is 5.54. The summed E-state index contributed by atoms with van der Waals surface area (Å²) in [6.07, 6.45) is 5.01. The molecule has 1 aliphatic carbocycles. The smallest absolute Gasteiger partial charge is 0.426 e. The Bertz CT molecular complexity index is 734. The van der Waals surface area contributed by atoms with Gasteiger partial charge in [-0.1, -0.05) is 56.0 Å². The van der Waals surface area contributed by atoms with E-state index < -0.39 is 18.0 Å². The van der Waals surface area contributed by atoms with Crippen molar-refractivity contribution in [3.63, 3.8) is 0 Å². The van der Waals surface area contributed by atoms with Crippen molar-refractivity contribution in [2.75, 3.05) is 6.61 Å². The first-order chi connectivity index (χ1) is 14.5. The van der Waals surface area contributed by atoms with E-state index in [-0.39, 0.29) is 38.4 Å². The number of benzene rings is 1. The minimum atomic E-state index is -1.63. The lowest BCUT2D eigenvalue weighted by molar-refractivity contribution is -0.286. The molecule has 1 saturated carbocycles. The van der Waals surface area contributed by atoms with Crippen molar-refractivity contribution in [3.05, 3.63) is 35.9 Å². The first-order valence-electron chi connectivity index (χ1n) is 10.7. The van der Waals surface area contributed by atoms with Crippen LogP contribution in [0.2, 0.25) is 0 Å². The molecule has 2 amide bonds. The van der Waals surface area contributed by atoms with Gasteiger partial charge in [0.15, 0.2) is 0 Å². The standard InChI is InChI=1S/C22H30N2O6/c1-2-29-22(15-14-20(26)30-22)24(19(25)13-12-17-8-6-7-9-17)23-21(27)28-16-18-10-4-3-5-11-18/h3-5,10-11,17H,2,6-9,12-16H2,1H3,(H,23,27). The van der Waals surface area contributed by atoms with E-state index in [1.807, 2.05) is 30.3 Å². The van der Waals surface area contributed by atoms with Crippen LogP contribution in [0.25, 0.3) is 0 Å². The number of rotatable bonds is 8. The molecule has 1 atom stereocenters. The molecule has 1 heterocycles. The summed E-state index contributed by atoms with van der Waals surface area (Å²) in [5.74, 6) is -1.96. The normalized spacial score (nSPS) is 21.3. The van der Waals surface area contributed by atoms with Crippen LogP contribution < -0.4 is 5.43 Å². The highest BCUT2D eigenvalue weighted by atomic mass is 16.7. The molecular weight excluding hydrogens is 388 g/mol. The molecule has 1 unspecified atom stereocenters. The number of hydrogen-bond donors (Lipinski definition) is 1. The van der Waals surface area contributed by atoms with E-state index in [4.69, 9.17) is 14.2 Å². The van der Waals surface area contributed by atoms with Gasteiger partial charge in [-0.05, 0) is 24.8 Å². The Morgan fingerprint density at radius 1 is 1.23 bits per heavy atom. The van der Waals surface area contributed by atoms with Gasteiger partial charge in [0.25, 0.3) is 0 Å². The number of ether oxygens (including phenoxy) is 3. The van der Waals surface area contributed by atoms with E-state index >= 15 is 0 Å². The summed E-state index contributed by atoms with van der Waals surface area (Å²) in [7, 11) is 0. The highest BCUT2D eigenvalue weighted by Crippen LogP contribution is 2.33. The van der Waals surface area contributed by atoms with E-state index in [1.54, 1.807) is 6.92 Å². The van der Waals surface area contributed by atoms with Gasteiger partial charge in [-0.25, -0.2) is 10.2 Å². The third kappa shape index (κ3) is 5.72. The van der Waals surface area contributed by atoms with Gasteiger partial charge in [-0.3, -0.25) is 9.59 Å². The maximum absolute atomic E-state index is 13.1. The van der Waals surface area contributed by atoms with E-state index in [9.17, 15) is 14.4 Å². The average molecular weight is 418 g/mol. The van der Waals surface area contributed by atoms with Crippen molar-refractivity contribution < 1.29 is 28.6 Å². The fraction of sp³-hybridized carbons (Fsp3) is 0.591. The highest BCUT2D eigenvalue weighted by molar-refractivity contribution is 5.81. The molecule has 1 aliphatic heterocycles. The largest absolute Gasteiger partial charge is 0.443 e. The van der Waals surface area contributed by atoms with Gasteiger partial charge in [0.1, 0.15) is 6.61 Å². The summed E-state index contributed by atoms with van der Waals surface area (Å²) >= 11 is 0. The fourth-order valence-electron chi connectivity index (χ4n) is 4.01. The van der Waals surface area contributed by atoms with Gasteiger partial charge in [0, 0.05) is 12.8 Å². The topological polar surface area (TPSA) is 94.2 Å². The zero-order chi connectivity index (χ0) is 21.4. The Balaban J connectivity index is 1.68. The molecule has 0 aromatic heterocycles. The van der Waals surface area contributed by atoms with Crippen LogP contribution >= 0.6 is 0 Å². The molecule has 8 nitrogen and oxygen atoms in total. The molecule has 3 rings (SSSR count). The lowest BCUT2D eigenvalue weighted by Crippen LogP contribution is -2.61. The van der Waals surface area contributed by atoms with Gasteiger partial charge < -0.3 is 14.2 Å². The van der Waals surface area contributed by atoms with Gasteiger partial charge in [0.2, 0.25) is 5.91 Å². The van der Waals surface area contributed by atoms with Crippen molar-refractivity contribution in [2.24, 2.45) is 5.92 Å². The molecule has 2 fully saturated rings. The molecule has 0 radical (unpaired) electrons. The number of amides is 2. The van der Waals surface area contributed by atoms with Crippen LogP contribution in [0, 0.1) is 5.92 Å². The van der Waals surface area contributed by atoms with Crippen LogP contribution in [0.3, 0.4) is 0 Å². The molecule has 1 saturated heterocycles. The Kier molecular flexibility index (Phi) is 7.68. The summed E-state index contributed by atoms with van der Waals surface area (Å²) in [6.45, 7) is 2.00. The number of hydrogen-bond acceptors (Lipinski definition) is 6. The Labute approximate surface area is 176 Å². The van der Waals surface area contributed by atoms with Crippen LogP contribution in [0.5, 0.6) is 0 Å². The second-order valence-electron chi connectivity index (χ2n) is 7.71. The quantitative estimate of drug-likeness (QED) is 0.393. The summed E-state index contributed by atoms with van der Waals surface area (Å²) in [5.41, 5.74) is 3.29. The maximum atomic E-state index is 13.1. The number of esters is 1. The van der Waals surface area contributed by atoms with Crippen LogP contribution in [-0.4, -0.2) is 35.5 Å². The van der Waals surface area contributed by atoms with Crippen molar-refractivity contribution >= 4 is 18.0 Å². The van der Waals surface area contributed by atoms with Crippen LogP contribution in [0.15, 0.2) is 30.3 Å². The highest BCUT2D eigenvalue weighted by Gasteiger charge is 2.50. The summed E-state index contributed by atoms with van der Waals surface area (Å²) in [5, 5.41) is 1.02. The first-order valence-corrected chi connectivity index (χ1v) is 10.7. The molecule has 0 bridgehead atoms. The van der Waals surface area contributed by atoms with E-state index in [1.165, 1.54) is 12.8 Å². The van der Waals surface area contributed by atoms with Crippen molar-refractivity contribution in [1.82, 2.24) is 10.4 Å². The molecule has 1 aromatic rings. The van der Waals surface area contributed by atoms with Crippen LogP contribution in [-0.2, 0) is 30.4 Å². The maximum Gasteiger partial charge on any atom is 0.426 e. The molecule has 164 valence electrons. The third-order valence-electron chi connectivity index (χ3n) is 5.54. The summed E-state index contributed by atoms with van der Waals surface area (Å²) in [4.78, 5) is 37.4. The van der Waals surface area contributed by atoms with E-state index in [0.717, 1.165) is 29.8 Å². The second kappa shape index (κ2) is 10.4. The number of nitrogens with zero attached hydrogens (tertiary/aromatic N) is 1. The number of carbonyl (C=O) groups excluding carboxylic acids is 3. The minimum Gasteiger partial charge on any atom is -0.443 e. The monoisotopic (exact) mass is 418 g/mol. The zero-order valence-electron chi connectivity index (χ0n) is 17.4. The average Bonchev–Trinajstić information content (AvgIpc) is 3.40. The lowest BCUT2D eigenvalue weighted by atomic mass is 10.0. The van der Waals surface area contributed by atoms with Crippen LogP contribution in [0.1, 0.15) is 63.9 Å². The van der Waals surface area contributed by atoms with E-state index in [0.29, 0.717) is 5.92 Å². The minimum absolute atomic E-state index is 0.0538. The second-order valence-corrected chi connectivity index (χ2v) is 7.71. The molecule has 1 N–H and O–H groups in total. The lowest BCUT2D eigenvalue weighted by Gasteiger charge is -2.37. The predicted octanol–water partition coefficient (Wildman–Crippen LogP) is 3.65.